The third-order valence-electron chi connectivity index (χ3n) is 3.02. The molecule has 0 aliphatic carbocycles. The molecular formula is C12H16ClN. The van der Waals surface area contributed by atoms with Gasteiger partial charge in [-0.15, -0.1) is 0 Å². The summed E-state index contributed by atoms with van der Waals surface area (Å²) in [6, 6.07) is 6.27. The van der Waals surface area contributed by atoms with E-state index in [0.717, 1.165) is 24.5 Å². The summed E-state index contributed by atoms with van der Waals surface area (Å²) in [5.74, 6) is 0.594. The Hall–Kier alpha value is -0.530. The van der Waals surface area contributed by atoms with Gasteiger partial charge in [-0.1, -0.05) is 30.7 Å². The van der Waals surface area contributed by atoms with E-state index in [1.54, 1.807) is 0 Å². The zero-order valence-corrected chi connectivity index (χ0v) is 9.51. The molecule has 0 saturated heterocycles. The number of hydrogen-bond acceptors (Lipinski definition) is 1. The van der Waals surface area contributed by atoms with Gasteiger partial charge in [0.05, 0.1) is 0 Å². The van der Waals surface area contributed by atoms with E-state index in [1.165, 1.54) is 11.1 Å². The lowest BCUT2D eigenvalue weighted by Crippen LogP contribution is -2.22. The first kappa shape index (κ1) is 10.0. The monoisotopic (exact) mass is 209 g/mol. The third kappa shape index (κ3) is 1.79. The smallest absolute Gasteiger partial charge is 0.0441 e. The van der Waals surface area contributed by atoms with Crippen LogP contribution in [0.25, 0.3) is 0 Å². The molecular weight excluding hydrogens is 194 g/mol. The molecule has 0 N–H and O–H groups in total. The van der Waals surface area contributed by atoms with Crippen LogP contribution in [0.15, 0.2) is 18.2 Å². The van der Waals surface area contributed by atoms with E-state index in [9.17, 15) is 0 Å². The Labute approximate surface area is 90.7 Å². The largest absolute Gasteiger partial charge is 0.305 e. The second-order valence-corrected chi connectivity index (χ2v) is 4.63. The van der Waals surface area contributed by atoms with Crippen molar-refractivity contribution < 1.29 is 0 Å². The molecule has 1 aliphatic heterocycles. The third-order valence-corrected chi connectivity index (χ3v) is 3.37. The van der Waals surface area contributed by atoms with Crippen LogP contribution in [0, 0.1) is 0 Å². The molecule has 0 fully saturated rings. The first-order valence-corrected chi connectivity index (χ1v) is 5.52. The van der Waals surface area contributed by atoms with Crippen LogP contribution in [0.4, 0.5) is 0 Å². The highest BCUT2D eigenvalue weighted by molar-refractivity contribution is 6.31. The zero-order chi connectivity index (χ0) is 10.1. The molecule has 0 amide bonds. The van der Waals surface area contributed by atoms with E-state index in [1.807, 2.05) is 6.07 Å². The maximum absolute atomic E-state index is 6.21. The maximum Gasteiger partial charge on any atom is 0.0441 e. The number of halogens is 1. The number of benzene rings is 1. The van der Waals surface area contributed by atoms with Crippen LogP contribution in [0.2, 0.25) is 5.02 Å². The molecule has 1 aliphatic rings. The lowest BCUT2D eigenvalue weighted by Gasteiger charge is -2.16. The van der Waals surface area contributed by atoms with Crippen molar-refractivity contribution in [2.24, 2.45) is 0 Å². The fourth-order valence-corrected chi connectivity index (χ4v) is 2.54. The second kappa shape index (κ2) is 3.92. The Morgan fingerprint density at radius 2 is 2.21 bits per heavy atom. The van der Waals surface area contributed by atoms with Crippen molar-refractivity contribution in [2.75, 3.05) is 20.1 Å². The van der Waals surface area contributed by atoms with Gasteiger partial charge in [-0.2, -0.15) is 0 Å². The van der Waals surface area contributed by atoms with E-state index in [2.05, 4.69) is 31.0 Å². The summed E-state index contributed by atoms with van der Waals surface area (Å²) in [6.45, 7) is 4.52. The van der Waals surface area contributed by atoms with Gasteiger partial charge in [0.15, 0.2) is 0 Å². The van der Waals surface area contributed by atoms with E-state index in [0.29, 0.717) is 5.92 Å². The normalized spacial score (nSPS) is 22.9. The van der Waals surface area contributed by atoms with E-state index >= 15 is 0 Å². The van der Waals surface area contributed by atoms with Gasteiger partial charge in [0, 0.05) is 18.1 Å². The Kier molecular flexibility index (Phi) is 2.80. The molecule has 0 aromatic heterocycles. The highest BCUT2D eigenvalue weighted by Gasteiger charge is 2.18. The predicted molar refractivity (Wildman–Crippen MR) is 61.1 cm³/mol. The summed E-state index contributed by atoms with van der Waals surface area (Å²) in [5, 5.41) is 0.935. The highest BCUT2D eigenvalue weighted by atomic mass is 35.5. The van der Waals surface area contributed by atoms with Gasteiger partial charge in [0.2, 0.25) is 0 Å². The average Bonchev–Trinajstić information content (AvgIpc) is 2.28. The molecule has 0 saturated carbocycles. The van der Waals surface area contributed by atoms with Gasteiger partial charge in [-0.05, 0) is 36.6 Å². The number of rotatable bonds is 0. The van der Waals surface area contributed by atoms with Gasteiger partial charge in [-0.3, -0.25) is 0 Å². The van der Waals surface area contributed by atoms with Crippen molar-refractivity contribution in [3.8, 4) is 0 Å². The molecule has 1 nitrogen and oxygen atoms in total. The van der Waals surface area contributed by atoms with Crippen LogP contribution in [0.3, 0.4) is 0 Å². The SMILES string of the molecule is C[C@@H]1CN(C)CCc2c(Cl)cccc21. The fraction of sp³-hybridized carbons (Fsp3) is 0.500. The molecule has 2 heteroatoms. The molecule has 1 atom stereocenters. The van der Waals surface area contributed by atoms with Crippen LogP contribution < -0.4 is 0 Å². The first-order valence-electron chi connectivity index (χ1n) is 5.14. The Balaban J connectivity index is 2.43. The summed E-state index contributed by atoms with van der Waals surface area (Å²) >= 11 is 6.21. The van der Waals surface area contributed by atoms with Crippen molar-refractivity contribution in [2.45, 2.75) is 19.3 Å². The molecule has 0 unspecified atom stereocenters. The topological polar surface area (TPSA) is 3.24 Å². The van der Waals surface area contributed by atoms with Crippen molar-refractivity contribution in [3.63, 3.8) is 0 Å². The quantitative estimate of drug-likeness (QED) is 0.635. The number of nitrogens with zero attached hydrogens (tertiary/aromatic N) is 1. The second-order valence-electron chi connectivity index (χ2n) is 4.22. The van der Waals surface area contributed by atoms with Crippen molar-refractivity contribution in [1.29, 1.82) is 0 Å². The van der Waals surface area contributed by atoms with Gasteiger partial charge in [-0.25, -0.2) is 0 Å². The van der Waals surface area contributed by atoms with Crippen LogP contribution in [-0.2, 0) is 6.42 Å². The molecule has 0 radical (unpaired) electrons. The minimum absolute atomic E-state index is 0.594. The van der Waals surface area contributed by atoms with Crippen LogP contribution in [-0.4, -0.2) is 25.0 Å². The molecule has 14 heavy (non-hydrogen) atoms. The summed E-state index contributed by atoms with van der Waals surface area (Å²) in [5.41, 5.74) is 2.79. The summed E-state index contributed by atoms with van der Waals surface area (Å²) < 4.78 is 0. The summed E-state index contributed by atoms with van der Waals surface area (Å²) in [6.07, 6.45) is 1.08. The fourth-order valence-electron chi connectivity index (χ4n) is 2.26. The molecule has 76 valence electrons. The Morgan fingerprint density at radius 3 is 3.00 bits per heavy atom. The molecule has 2 rings (SSSR count). The number of likely N-dealkylation sites (N-methyl/N-ethyl adjacent to an activating group) is 1. The van der Waals surface area contributed by atoms with E-state index in [4.69, 9.17) is 11.6 Å². The Morgan fingerprint density at radius 1 is 1.43 bits per heavy atom. The molecule has 1 aromatic carbocycles. The number of hydrogen-bond donors (Lipinski definition) is 0. The van der Waals surface area contributed by atoms with Crippen molar-refractivity contribution in [1.82, 2.24) is 4.90 Å². The molecule has 1 aromatic rings. The van der Waals surface area contributed by atoms with E-state index < -0.39 is 0 Å². The Bertz CT molecular complexity index is 335. The highest BCUT2D eigenvalue weighted by Crippen LogP contribution is 2.29. The van der Waals surface area contributed by atoms with Gasteiger partial charge < -0.3 is 4.90 Å². The van der Waals surface area contributed by atoms with Gasteiger partial charge in [0.25, 0.3) is 0 Å². The molecule has 0 bridgehead atoms. The van der Waals surface area contributed by atoms with Gasteiger partial charge >= 0.3 is 0 Å². The average molecular weight is 210 g/mol. The summed E-state index contributed by atoms with van der Waals surface area (Å²) in [7, 11) is 2.18. The van der Waals surface area contributed by atoms with Crippen LogP contribution >= 0.6 is 11.6 Å². The summed E-state index contributed by atoms with van der Waals surface area (Å²) in [4.78, 5) is 2.38. The number of fused-ring (bicyclic) bond motifs is 1. The minimum atomic E-state index is 0.594. The lowest BCUT2D eigenvalue weighted by atomic mass is 9.95. The van der Waals surface area contributed by atoms with Gasteiger partial charge in [0.1, 0.15) is 0 Å². The predicted octanol–water partition coefficient (Wildman–Crippen LogP) is 2.93. The van der Waals surface area contributed by atoms with Crippen molar-refractivity contribution >= 4 is 11.6 Å². The molecule has 0 spiro atoms. The van der Waals surface area contributed by atoms with Crippen molar-refractivity contribution in [3.05, 3.63) is 34.3 Å². The van der Waals surface area contributed by atoms with Crippen LogP contribution in [0.5, 0.6) is 0 Å². The minimum Gasteiger partial charge on any atom is -0.305 e. The van der Waals surface area contributed by atoms with Crippen LogP contribution in [0.1, 0.15) is 24.0 Å². The lowest BCUT2D eigenvalue weighted by molar-refractivity contribution is 0.332. The zero-order valence-electron chi connectivity index (χ0n) is 8.76. The van der Waals surface area contributed by atoms with E-state index in [-0.39, 0.29) is 0 Å². The first-order chi connectivity index (χ1) is 6.68. The maximum atomic E-state index is 6.21. The standard InChI is InChI=1S/C12H16ClN/c1-9-8-14(2)7-6-11-10(9)4-3-5-12(11)13/h3-5,9H,6-8H2,1-2H3/t9-/m1/s1. The molecule has 1 heterocycles.